The average Bonchev–Trinajstić information content (AvgIpc) is 3.68. The van der Waals surface area contributed by atoms with Gasteiger partial charge in [-0.05, 0) is 42.8 Å². The molecule has 0 saturated heterocycles. The zero-order valence-electron chi connectivity index (χ0n) is 24.3. The second kappa shape index (κ2) is 15.5. The van der Waals surface area contributed by atoms with E-state index in [9.17, 15) is 9.59 Å². The fourth-order valence-electron chi connectivity index (χ4n) is 4.44. The van der Waals surface area contributed by atoms with E-state index in [1.165, 1.54) is 0 Å². The molecule has 0 spiro atoms. The van der Waals surface area contributed by atoms with Crippen LogP contribution >= 0.6 is 0 Å². The second-order valence-electron chi connectivity index (χ2n) is 9.74. The third-order valence-corrected chi connectivity index (χ3v) is 6.84. The summed E-state index contributed by atoms with van der Waals surface area (Å²) in [6.45, 7) is 0. The van der Waals surface area contributed by atoms with Crippen LogP contribution in [0.15, 0.2) is 109 Å². The topological polar surface area (TPSA) is 127 Å². The number of carbonyl (C=O) groups is 2. The van der Waals surface area contributed by atoms with Crippen molar-refractivity contribution in [1.29, 1.82) is 0 Å². The fraction of sp³-hybridized carbons (Fsp3) is 0.176. The Balaban J connectivity index is 0.000000165. The van der Waals surface area contributed by atoms with Crippen LogP contribution in [-0.2, 0) is 22.4 Å². The van der Waals surface area contributed by atoms with Gasteiger partial charge in [0, 0.05) is 60.5 Å². The minimum atomic E-state index is -0.788. The Kier molecular flexibility index (Phi) is 11.0. The molecule has 4 aromatic carbocycles. The standard InChI is InChI=1S/C17H17N3O.C10H10N2O2.C7H9N/c1-20(13-7-3-2-4-8-13)17(21)12-11-16-14-9-5-6-10-15(14)18-19-16;13-10(14)6-5-9-7-3-1-2-4-8(7)11-12-9;1-8-7-5-3-2-4-6-7/h2-10H,11-12H2,1H3,(H,18,19);1-4H,5-6H2,(H,11,12)(H,13,14);2-6,8H,1H3. The minimum Gasteiger partial charge on any atom is -0.481 e. The van der Waals surface area contributed by atoms with Crippen LogP contribution in [-0.4, -0.2) is 51.5 Å². The highest BCUT2D eigenvalue weighted by Gasteiger charge is 2.12. The number of nitrogens with zero attached hydrogens (tertiary/aromatic N) is 3. The van der Waals surface area contributed by atoms with Crippen molar-refractivity contribution in [2.75, 3.05) is 24.3 Å². The van der Waals surface area contributed by atoms with Crippen LogP contribution in [0.3, 0.4) is 0 Å². The number of rotatable bonds is 8. The van der Waals surface area contributed by atoms with Gasteiger partial charge in [-0.15, -0.1) is 0 Å². The third kappa shape index (κ3) is 8.77. The van der Waals surface area contributed by atoms with E-state index in [1.807, 2.05) is 123 Å². The molecule has 43 heavy (non-hydrogen) atoms. The van der Waals surface area contributed by atoms with Gasteiger partial charge in [-0.1, -0.05) is 72.8 Å². The van der Waals surface area contributed by atoms with E-state index < -0.39 is 5.97 Å². The molecule has 0 aliphatic carbocycles. The number of aromatic nitrogens is 4. The predicted octanol–water partition coefficient (Wildman–Crippen LogP) is 6.47. The predicted molar refractivity (Wildman–Crippen MR) is 172 cm³/mol. The maximum absolute atomic E-state index is 12.3. The molecule has 0 saturated carbocycles. The van der Waals surface area contributed by atoms with E-state index in [1.54, 1.807) is 4.90 Å². The van der Waals surface area contributed by atoms with Gasteiger partial charge >= 0.3 is 5.97 Å². The molecule has 0 bridgehead atoms. The van der Waals surface area contributed by atoms with Gasteiger partial charge in [0.15, 0.2) is 0 Å². The largest absolute Gasteiger partial charge is 0.481 e. The highest BCUT2D eigenvalue weighted by atomic mass is 16.4. The number of aliphatic carboxylic acids is 1. The molecule has 1 amide bonds. The number of carboxylic acid groups (broad SMARTS) is 1. The quantitative estimate of drug-likeness (QED) is 0.165. The van der Waals surface area contributed by atoms with E-state index in [0.717, 1.165) is 44.6 Å². The van der Waals surface area contributed by atoms with Crippen molar-refractivity contribution in [3.8, 4) is 0 Å². The molecule has 6 aromatic rings. The van der Waals surface area contributed by atoms with E-state index in [-0.39, 0.29) is 12.3 Å². The highest BCUT2D eigenvalue weighted by Crippen LogP contribution is 2.18. The van der Waals surface area contributed by atoms with Crippen molar-refractivity contribution < 1.29 is 14.7 Å². The molecular formula is C34H36N6O3. The van der Waals surface area contributed by atoms with Crippen molar-refractivity contribution in [3.05, 3.63) is 121 Å². The van der Waals surface area contributed by atoms with Crippen LogP contribution in [0.5, 0.6) is 0 Å². The molecule has 9 nitrogen and oxygen atoms in total. The number of para-hydroxylation sites is 4. The van der Waals surface area contributed by atoms with Gasteiger partial charge < -0.3 is 15.3 Å². The molecule has 0 fully saturated rings. The Labute approximate surface area is 250 Å². The number of hydrogen-bond acceptors (Lipinski definition) is 5. The molecule has 4 N–H and O–H groups in total. The van der Waals surface area contributed by atoms with Gasteiger partial charge in [-0.2, -0.15) is 10.2 Å². The Morgan fingerprint density at radius 2 is 1.16 bits per heavy atom. The maximum atomic E-state index is 12.3. The molecular weight excluding hydrogens is 540 g/mol. The summed E-state index contributed by atoms with van der Waals surface area (Å²) >= 11 is 0. The van der Waals surface area contributed by atoms with Gasteiger partial charge in [0.1, 0.15) is 0 Å². The molecule has 9 heteroatoms. The summed E-state index contributed by atoms with van der Waals surface area (Å²) in [6.07, 6.45) is 1.75. The molecule has 0 radical (unpaired) electrons. The first-order valence-corrected chi connectivity index (χ1v) is 14.1. The summed E-state index contributed by atoms with van der Waals surface area (Å²) in [5.74, 6) is -0.691. The first-order valence-electron chi connectivity index (χ1n) is 14.1. The molecule has 2 heterocycles. The minimum absolute atomic E-state index is 0.0971. The lowest BCUT2D eigenvalue weighted by molar-refractivity contribution is -0.137. The molecule has 6 rings (SSSR count). The Morgan fingerprint density at radius 3 is 1.65 bits per heavy atom. The highest BCUT2D eigenvalue weighted by molar-refractivity contribution is 5.93. The van der Waals surface area contributed by atoms with Gasteiger partial charge in [0.05, 0.1) is 17.5 Å². The fourth-order valence-corrected chi connectivity index (χ4v) is 4.44. The van der Waals surface area contributed by atoms with Crippen LogP contribution in [0.2, 0.25) is 0 Å². The Bertz CT molecular complexity index is 1730. The van der Waals surface area contributed by atoms with E-state index in [4.69, 9.17) is 5.11 Å². The summed E-state index contributed by atoms with van der Waals surface area (Å²) in [6, 6.07) is 35.3. The summed E-state index contributed by atoms with van der Waals surface area (Å²) in [5.41, 5.74) is 5.80. The number of hydrogen-bond donors (Lipinski definition) is 4. The van der Waals surface area contributed by atoms with Crippen LogP contribution in [0.1, 0.15) is 24.2 Å². The molecule has 2 aromatic heterocycles. The summed E-state index contributed by atoms with van der Waals surface area (Å²) < 4.78 is 0. The van der Waals surface area contributed by atoms with Crippen molar-refractivity contribution >= 4 is 45.1 Å². The number of carboxylic acids is 1. The van der Waals surface area contributed by atoms with Crippen LogP contribution in [0.25, 0.3) is 21.8 Å². The van der Waals surface area contributed by atoms with E-state index in [2.05, 4.69) is 25.7 Å². The van der Waals surface area contributed by atoms with Crippen LogP contribution in [0, 0.1) is 0 Å². The number of carbonyl (C=O) groups excluding carboxylic acids is 1. The molecule has 0 unspecified atom stereocenters. The number of aryl methyl sites for hydroxylation is 2. The van der Waals surface area contributed by atoms with Gasteiger partial charge in [-0.3, -0.25) is 19.8 Å². The van der Waals surface area contributed by atoms with Crippen molar-refractivity contribution in [3.63, 3.8) is 0 Å². The molecule has 0 aliphatic rings. The monoisotopic (exact) mass is 576 g/mol. The summed E-state index contributed by atoms with van der Waals surface area (Å²) in [7, 11) is 3.72. The number of benzene rings is 4. The number of anilines is 2. The lowest BCUT2D eigenvalue weighted by Crippen LogP contribution is -2.26. The number of fused-ring (bicyclic) bond motifs is 2. The normalized spacial score (nSPS) is 10.3. The van der Waals surface area contributed by atoms with Crippen molar-refractivity contribution in [2.45, 2.75) is 25.7 Å². The lowest BCUT2D eigenvalue weighted by atomic mass is 10.1. The van der Waals surface area contributed by atoms with Gasteiger partial charge in [-0.25, -0.2) is 0 Å². The maximum Gasteiger partial charge on any atom is 0.303 e. The van der Waals surface area contributed by atoms with Crippen molar-refractivity contribution in [2.24, 2.45) is 0 Å². The van der Waals surface area contributed by atoms with E-state index >= 15 is 0 Å². The third-order valence-electron chi connectivity index (χ3n) is 6.84. The Morgan fingerprint density at radius 1 is 0.698 bits per heavy atom. The molecule has 0 aliphatic heterocycles. The zero-order valence-corrected chi connectivity index (χ0v) is 24.3. The molecule has 0 atom stereocenters. The van der Waals surface area contributed by atoms with Gasteiger partial charge in [0.25, 0.3) is 0 Å². The SMILES string of the molecule is CN(C(=O)CCc1[nH]nc2ccccc12)c1ccccc1.CNc1ccccc1.O=C(O)CCc1[nH]nc2ccccc12. The molecule has 220 valence electrons. The number of nitrogens with one attached hydrogen (secondary N) is 3. The Hall–Kier alpha value is -5.44. The number of aromatic amines is 2. The first kappa shape index (κ1) is 30.5. The smallest absolute Gasteiger partial charge is 0.303 e. The van der Waals surface area contributed by atoms with Crippen LogP contribution < -0.4 is 10.2 Å². The van der Waals surface area contributed by atoms with Gasteiger partial charge in [0.2, 0.25) is 5.91 Å². The second-order valence-corrected chi connectivity index (χ2v) is 9.74. The lowest BCUT2D eigenvalue weighted by Gasteiger charge is -2.16. The number of amides is 1. The van der Waals surface area contributed by atoms with E-state index in [0.29, 0.717) is 19.3 Å². The van der Waals surface area contributed by atoms with Crippen LogP contribution in [0.4, 0.5) is 11.4 Å². The van der Waals surface area contributed by atoms with Crippen molar-refractivity contribution in [1.82, 2.24) is 20.4 Å². The average molecular weight is 577 g/mol. The summed E-state index contributed by atoms with van der Waals surface area (Å²) in [4.78, 5) is 24.4. The number of H-pyrrole nitrogens is 2. The zero-order chi connectivity index (χ0) is 30.4. The summed E-state index contributed by atoms with van der Waals surface area (Å²) in [5, 5.41) is 27.9. The first-order chi connectivity index (χ1) is 21.0.